The van der Waals surface area contributed by atoms with Crippen molar-refractivity contribution in [3.8, 4) is 6.07 Å². The highest BCUT2D eigenvalue weighted by Crippen LogP contribution is 2.22. The minimum Gasteiger partial charge on any atom is -0.329 e. The van der Waals surface area contributed by atoms with Crippen molar-refractivity contribution in [3.05, 3.63) is 82.9 Å². The molecule has 6 nitrogen and oxygen atoms in total. The van der Waals surface area contributed by atoms with E-state index in [4.69, 9.17) is 16.9 Å². The van der Waals surface area contributed by atoms with E-state index in [1.54, 1.807) is 17.3 Å². The van der Waals surface area contributed by atoms with Crippen LogP contribution in [0.1, 0.15) is 16.8 Å². The Morgan fingerprint density at radius 2 is 1.84 bits per heavy atom. The number of benzene rings is 2. The number of imidazole rings is 1. The molecule has 162 valence electrons. The first-order valence-electron chi connectivity index (χ1n) is 9.39. The summed E-state index contributed by atoms with van der Waals surface area (Å²) in [7, 11) is 0. The third-order valence-electron chi connectivity index (χ3n) is 5.04. The van der Waals surface area contributed by atoms with Gasteiger partial charge >= 0.3 is 0 Å². The molecule has 2 aromatic carbocycles. The van der Waals surface area contributed by atoms with Crippen LogP contribution >= 0.6 is 36.4 Å². The Labute approximate surface area is 198 Å². The van der Waals surface area contributed by atoms with Crippen LogP contribution in [0.4, 0.5) is 5.69 Å². The summed E-state index contributed by atoms with van der Waals surface area (Å²) in [5.41, 5.74) is 3.65. The van der Waals surface area contributed by atoms with Crippen molar-refractivity contribution in [2.24, 2.45) is 0 Å². The number of rotatable bonds is 5. The standard InChI is InChI=1S/C22H20ClN5O.2ClH/c23-19-2-1-3-20(10-19)28-9-8-26(15-22(28)29)14-21-12-25-16-27(21)13-18-6-4-17(11-24)5-7-18;;/h1-7,10,12,16H,8-9,13-15H2;2*1H. The molecule has 0 bridgehead atoms. The molecule has 0 N–H and O–H groups in total. The van der Waals surface area contributed by atoms with E-state index in [-0.39, 0.29) is 30.7 Å². The lowest BCUT2D eigenvalue weighted by molar-refractivity contribution is -0.121. The van der Waals surface area contributed by atoms with Gasteiger partial charge < -0.3 is 9.47 Å². The lowest BCUT2D eigenvalue weighted by atomic mass is 10.1. The molecule has 9 heteroatoms. The summed E-state index contributed by atoms with van der Waals surface area (Å²) in [5, 5.41) is 9.56. The zero-order valence-electron chi connectivity index (χ0n) is 16.6. The number of nitrogens with zero attached hydrogens (tertiary/aromatic N) is 5. The Hall–Kier alpha value is -2.56. The zero-order chi connectivity index (χ0) is 20.2. The highest BCUT2D eigenvalue weighted by atomic mass is 35.5. The lowest BCUT2D eigenvalue weighted by Gasteiger charge is -2.34. The molecule has 3 aromatic rings. The number of halogens is 3. The molecule has 2 heterocycles. The van der Waals surface area contributed by atoms with Gasteiger partial charge in [-0.2, -0.15) is 5.26 Å². The second-order valence-electron chi connectivity index (χ2n) is 7.06. The largest absolute Gasteiger partial charge is 0.329 e. The van der Waals surface area contributed by atoms with Gasteiger partial charge in [0.1, 0.15) is 0 Å². The Bertz CT molecular complexity index is 1060. The van der Waals surface area contributed by atoms with Crippen LogP contribution in [0.2, 0.25) is 5.02 Å². The Kier molecular flexibility index (Phi) is 8.90. The monoisotopic (exact) mass is 477 g/mol. The summed E-state index contributed by atoms with van der Waals surface area (Å²) >= 11 is 6.06. The number of carbonyl (C=O) groups is 1. The Balaban J connectivity index is 0.00000171. The van der Waals surface area contributed by atoms with Crippen molar-refractivity contribution >= 4 is 48.0 Å². The normalized spacial score (nSPS) is 13.8. The maximum atomic E-state index is 12.7. The number of piperazine rings is 1. The average molecular weight is 479 g/mol. The van der Waals surface area contributed by atoms with Gasteiger partial charge in [0.25, 0.3) is 0 Å². The Morgan fingerprint density at radius 3 is 2.52 bits per heavy atom. The number of hydrogen-bond donors (Lipinski definition) is 0. The molecule has 0 aliphatic carbocycles. The average Bonchev–Trinajstić information content (AvgIpc) is 3.15. The maximum absolute atomic E-state index is 12.7. The van der Waals surface area contributed by atoms with Crippen LogP contribution in [-0.4, -0.2) is 40.0 Å². The minimum absolute atomic E-state index is 0. The fraction of sp³-hybridized carbons (Fsp3) is 0.227. The molecule has 4 rings (SSSR count). The summed E-state index contributed by atoms with van der Waals surface area (Å²) in [6.45, 7) is 3.10. The smallest absolute Gasteiger partial charge is 0.241 e. The van der Waals surface area contributed by atoms with Crippen molar-refractivity contribution in [1.82, 2.24) is 14.5 Å². The molecule has 1 aliphatic rings. The van der Waals surface area contributed by atoms with Crippen molar-refractivity contribution in [2.75, 3.05) is 24.5 Å². The highest BCUT2D eigenvalue weighted by Gasteiger charge is 2.25. The van der Waals surface area contributed by atoms with E-state index < -0.39 is 0 Å². The molecule has 1 saturated heterocycles. The van der Waals surface area contributed by atoms with Gasteiger partial charge in [0.15, 0.2) is 0 Å². The van der Waals surface area contributed by atoms with Gasteiger partial charge in [0.2, 0.25) is 5.91 Å². The number of amides is 1. The number of carbonyl (C=O) groups excluding carboxylic acids is 1. The summed E-state index contributed by atoms with van der Waals surface area (Å²) in [6, 6.07) is 17.1. The molecule has 0 unspecified atom stereocenters. The van der Waals surface area contributed by atoms with Gasteiger partial charge in [-0.25, -0.2) is 4.98 Å². The minimum atomic E-state index is 0. The van der Waals surface area contributed by atoms with Gasteiger partial charge in [0.05, 0.1) is 30.2 Å². The van der Waals surface area contributed by atoms with Gasteiger partial charge in [-0.05, 0) is 35.9 Å². The van der Waals surface area contributed by atoms with Crippen LogP contribution in [0, 0.1) is 11.3 Å². The fourth-order valence-corrected chi connectivity index (χ4v) is 3.69. The van der Waals surface area contributed by atoms with E-state index in [0.29, 0.717) is 36.8 Å². The third kappa shape index (κ3) is 5.99. The van der Waals surface area contributed by atoms with Crippen LogP contribution in [0.25, 0.3) is 0 Å². The number of aromatic nitrogens is 2. The first kappa shape index (κ1) is 24.7. The molecule has 31 heavy (non-hydrogen) atoms. The van der Waals surface area contributed by atoms with Crippen molar-refractivity contribution in [2.45, 2.75) is 13.1 Å². The van der Waals surface area contributed by atoms with E-state index in [1.807, 2.05) is 48.7 Å². The molecule has 0 radical (unpaired) electrons. The lowest BCUT2D eigenvalue weighted by Crippen LogP contribution is -2.50. The van der Waals surface area contributed by atoms with Crippen LogP contribution in [-0.2, 0) is 17.9 Å². The topological polar surface area (TPSA) is 65.2 Å². The van der Waals surface area contributed by atoms with E-state index in [1.165, 1.54) is 0 Å². The van der Waals surface area contributed by atoms with Crippen LogP contribution in [0.3, 0.4) is 0 Å². The van der Waals surface area contributed by atoms with E-state index in [9.17, 15) is 4.79 Å². The first-order chi connectivity index (χ1) is 14.1. The van der Waals surface area contributed by atoms with Gasteiger partial charge in [-0.15, -0.1) is 24.8 Å². The third-order valence-corrected chi connectivity index (χ3v) is 5.27. The Morgan fingerprint density at radius 1 is 1.06 bits per heavy atom. The van der Waals surface area contributed by atoms with Crippen molar-refractivity contribution < 1.29 is 4.79 Å². The van der Waals surface area contributed by atoms with Crippen molar-refractivity contribution in [3.63, 3.8) is 0 Å². The number of hydrogen-bond acceptors (Lipinski definition) is 4. The molecule has 1 fully saturated rings. The van der Waals surface area contributed by atoms with Crippen LogP contribution in [0.5, 0.6) is 0 Å². The number of anilines is 1. The molecule has 1 amide bonds. The molecule has 1 aliphatic heterocycles. The fourth-order valence-electron chi connectivity index (χ4n) is 3.51. The van der Waals surface area contributed by atoms with E-state index in [0.717, 1.165) is 23.5 Å². The summed E-state index contributed by atoms with van der Waals surface area (Å²) < 4.78 is 2.08. The summed E-state index contributed by atoms with van der Waals surface area (Å²) in [4.78, 5) is 20.9. The predicted octanol–water partition coefficient (Wildman–Crippen LogP) is 4.15. The van der Waals surface area contributed by atoms with Crippen molar-refractivity contribution in [1.29, 1.82) is 5.26 Å². The molecule has 0 spiro atoms. The SMILES string of the molecule is Cl.Cl.N#Cc1ccc(Cn2cncc2CN2CCN(c3cccc(Cl)c3)C(=O)C2)cc1. The molecule has 0 saturated carbocycles. The van der Waals surface area contributed by atoms with Crippen LogP contribution in [0.15, 0.2) is 61.1 Å². The zero-order valence-corrected chi connectivity index (χ0v) is 19.0. The quantitative estimate of drug-likeness (QED) is 0.552. The van der Waals surface area contributed by atoms with E-state index >= 15 is 0 Å². The predicted molar refractivity (Wildman–Crippen MR) is 126 cm³/mol. The second-order valence-corrected chi connectivity index (χ2v) is 7.49. The molecular formula is C22H22Cl3N5O. The summed E-state index contributed by atoms with van der Waals surface area (Å²) in [6.07, 6.45) is 3.65. The second kappa shape index (κ2) is 11.2. The molecule has 1 aromatic heterocycles. The number of nitriles is 1. The highest BCUT2D eigenvalue weighted by molar-refractivity contribution is 6.30. The van der Waals surface area contributed by atoms with Gasteiger partial charge in [0, 0.05) is 43.1 Å². The van der Waals surface area contributed by atoms with Gasteiger partial charge in [-0.3, -0.25) is 9.69 Å². The molecule has 0 atom stereocenters. The summed E-state index contributed by atoms with van der Waals surface area (Å²) in [5.74, 6) is 0.0664. The van der Waals surface area contributed by atoms with E-state index in [2.05, 4.69) is 20.5 Å². The van der Waals surface area contributed by atoms with Crippen LogP contribution < -0.4 is 4.90 Å². The van der Waals surface area contributed by atoms with Gasteiger partial charge in [-0.1, -0.05) is 29.8 Å². The first-order valence-corrected chi connectivity index (χ1v) is 9.76. The molecular weight excluding hydrogens is 457 g/mol. The maximum Gasteiger partial charge on any atom is 0.241 e.